The van der Waals surface area contributed by atoms with Crippen molar-refractivity contribution in [3.8, 4) is 17.3 Å². The maximum absolute atomic E-state index is 14.1. The molecule has 3 aromatic rings. The zero-order valence-electron chi connectivity index (χ0n) is 11.8. The van der Waals surface area contributed by atoms with E-state index in [2.05, 4.69) is 16.4 Å². The average molecular weight is 293 g/mol. The topological polar surface area (TPSA) is 68.7 Å². The van der Waals surface area contributed by atoms with E-state index >= 15 is 0 Å². The molecule has 0 aliphatic heterocycles. The van der Waals surface area contributed by atoms with Gasteiger partial charge in [0, 0.05) is 34.8 Å². The summed E-state index contributed by atoms with van der Waals surface area (Å²) in [5, 5.41) is 12.4. The van der Waals surface area contributed by atoms with Crippen molar-refractivity contribution in [3.63, 3.8) is 0 Å². The molecule has 1 aromatic heterocycles. The van der Waals surface area contributed by atoms with Gasteiger partial charge in [-0.1, -0.05) is 6.07 Å². The molecule has 22 heavy (non-hydrogen) atoms. The van der Waals surface area contributed by atoms with Crippen molar-refractivity contribution in [3.05, 3.63) is 59.4 Å². The third kappa shape index (κ3) is 2.21. The van der Waals surface area contributed by atoms with Gasteiger partial charge in [0.25, 0.3) is 5.91 Å². The summed E-state index contributed by atoms with van der Waals surface area (Å²) in [7, 11) is 1.52. The van der Waals surface area contributed by atoms with E-state index in [9.17, 15) is 9.18 Å². The number of nitrogens with zero attached hydrogens (tertiary/aromatic N) is 1. The number of halogens is 1. The van der Waals surface area contributed by atoms with E-state index in [-0.39, 0.29) is 5.91 Å². The number of carbonyl (C=O) groups excluding carboxylic acids is 1. The third-order valence-electron chi connectivity index (χ3n) is 3.53. The molecule has 0 fully saturated rings. The van der Waals surface area contributed by atoms with E-state index in [0.717, 1.165) is 10.9 Å². The number of nitriles is 1. The summed E-state index contributed by atoms with van der Waals surface area (Å²) in [4.78, 5) is 14.8. The first kappa shape index (κ1) is 13.8. The number of aromatic amines is 1. The Morgan fingerprint density at radius 1 is 1.27 bits per heavy atom. The smallest absolute Gasteiger partial charge is 0.251 e. The van der Waals surface area contributed by atoms with Crippen LogP contribution >= 0.6 is 0 Å². The predicted molar refractivity (Wildman–Crippen MR) is 81.8 cm³/mol. The van der Waals surface area contributed by atoms with E-state index in [1.165, 1.54) is 25.2 Å². The van der Waals surface area contributed by atoms with E-state index < -0.39 is 5.82 Å². The fourth-order valence-corrected chi connectivity index (χ4v) is 2.42. The Morgan fingerprint density at radius 2 is 2.09 bits per heavy atom. The zero-order valence-corrected chi connectivity index (χ0v) is 11.8. The van der Waals surface area contributed by atoms with Crippen LogP contribution in [0.2, 0.25) is 0 Å². The summed E-state index contributed by atoms with van der Waals surface area (Å²) in [5.41, 5.74) is 2.46. The Morgan fingerprint density at radius 3 is 2.82 bits per heavy atom. The van der Waals surface area contributed by atoms with Crippen LogP contribution in [-0.2, 0) is 0 Å². The number of fused-ring (bicyclic) bond motifs is 1. The highest BCUT2D eigenvalue weighted by molar-refractivity contribution is 5.96. The molecule has 0 spiro atoms. The van der Waals surface area contributed by atoms with Crippen LogP contribution in [0.1, 0.15) is 15.9 Å². The quantitative estimate of drug-likeness (QED) is 0.761. The predicted octanol–water partition coefficient (Wildman–Crippen LogP) is 3.21. The van der Waals surface area contributed by atoms with Crippen LogP contribution in [0.4, 0.5) is 4.39 Å². The number of rotatable bonds is 2. The van der Waals surface area contributed by atoms with Crippen molar-refractivity contribution in [1.29, 1.82) is 5.26 Å². The molecule has 0 aliphatic rings. The second kappa shape index (κ2) is 5.34. The van der Waals surface area contributed by atoms with E-state index in [1.807, 2.05) is 6.07 Å². The second-order valence-corrected chi connectivity index (χ2v) is 4.84. The molecule has 1 amide bonds. The number of nitrogens with one attached hydrogen (secondary N) is 2. The Hall–Kier alpha value is -3.13. The first-order valence-corrected chi connectivity index (χ1v) is 6.68. The lowest BCUT2D eigenvalue weighted by atomic mass is 10.1. The molecule has 0 radical (unpaired) electrons. The zero-order chi connectivity index (χ0) is 15.7. The lowest BCUT2D eigenvalue weighted by molar-refractivity contribution is 0.0963. The fourth-order valence-electron chi connectivity index (χ4n) is 2.42. The monoisotopic (exact) mass is 293 g/mol. The second-order valence-electron chi connectivity index (χ2n) is 4.84. The number of aromatic nitrogens is 1. The molecule has 3 rings (SSSR count). The Labute approximate surface area is 126 Å². The van der Waals surface area contributed by atoms with Gasteiger partial charge in [0.1, 0.15) is 5.82 Å². The van der Waals surface area contributed by atoms with Crippen LogP contribution in [0, 0.1) is 17.1 Å². The van der Waals surface area contributed by atoms with Crippen molar-refractivity contribution < 1.29 is 9.18 Å². The Bertz CT molecular complexity index is 921. The third-order valence-corrected chi connectivity index (χ3v) is 3.53. The maximum atomic E-state index is 14.1. The number of amides is 1. The number of benzene rings is 2. The minimum atomic E-state index is -0.433. The summed E-state index contributed by atoms with van der Waals surface area (Å²) >= 11 is 0. The van der Waals surface area contributed by atoms with Gasteiger partial charge < -0.3 is 10.3 Å². The average Bonchev–Trinajstić information content (AvgIpc) is 2.98. The number of carbonyl (C=O) groups is 1. The van der Waals surface area contributed by atoms with E-state index in [0.29, 0.717) is 22.4 Å². The van der Waals surface area contributed by atoms with Crippen molar-refractivity contribution in [1.82, 2.24) is 10.3 Å². The first-order chi connectivity index (χ1) is 10.6. The summed E-state index contributed by atoms with van der Waals surface area (Å²) in [6.45, 7) is 0. The lowest BCUT2D eigenvalue weighted by Gasteiger charge is -2.04. The summed E-state index contributed by atoms with van der Waals surface area (Å²) < 4.78 is 14.1. The summed E-state index contributed by atoms with van der Waals surface area (Å²) in [5.74, 6) is -0.715. The molecule has 0 saturated heterocycles. The molecule has 0 atom stereocenters. The molecule has 2 aromatic carbocycles. The van der Waals surface area contributed by atoms with Crippen LogP contribution < -0.4 is 5.32 Å². The van der Waals surface area contributed by atoms with Gasteiger partial charge in [-0.2, -0.15) is 5.26 Å². The fraction of sp³-hybridized carbons (Fsp3) is 0.0588. The highest BCUT2D eigenvalue weighted by Crippen LogP contribution is 2.28. The van der Waals surface area contributed by atoms with Crippen LogP contribution in [0.3, 0.4) is 0 Å². The van der Waals surface area contributed by atoms with E-state index in [4.69, 9.17) is 5.26 Å². The molecule has 0 bridgehead atoms. The van der Waals surface area contributed by atoms with Gasteiger partial charge in [-0.25, -0.2) is 4.39 Å². The minimum absolute atomic E-state index is 0.282. The van der Waals surface area contributed by atoms with Crippen molar-refractivity contribution in [2.24, 2.45) is 0 Å². The molecular formula is C17H12FN3O. The van der Waals surface area contributed by atoms with Gasteiger partial charge >= 0.3 is 0 Å². The van der Waals surface area contributed by atoms with Gasteiger partial charge in [-0.15, -0.1) is 0 Å². The molecule has 2 N–H and O–H groups in total. The van der Waals surface area contributed by atoms with Gasteiger partial charge in [-0.05, 0) is 36.4 Å². The summed E-state index contributed by atoms with van der Waals surface area (Å²) in [6, 6.07) is 13.3. The normalized spacial score (nSPS) is 10.4. The first-order valence-electron chi connectivity index (χ1n) is 6.68. The summed E-state index contributed by atoms with van der Waals surface area (Å²) in [6.07, 6.45) is 0. The van der Waals surface area contributed by atoms with Crippen molar-refractivity contribution >= 4 is 16.8 Å². The number of hydrogen-bond donors (Lipinski definition) is 2. The molecule has 1 heterocycles. The lowest BCUT2D eigenvalue weighted by Crippen LogP contribution is -2.17. The Balaban J connectivity index is 2.19. The van der Waals surface area contributed by atoms with Crippen LogP contribution in [-0.4, -0.2) is 17.9 Å². The van der Waals surface area contributed by atoms with Crippen LogP contribution in [0.5, 0.6) is 0 Å². The van der Waals surface area contributed by atoms with E-state index in [1.54, 1.807) is 18.2 Å². The van der Waals surface area contributed by atoms with Crippen LogP contribution in [0.15, 0.2) is 42.5 Å². The largest absolute Gasteiger partial charge is 0.355 e. The molecule has 108 valence electrons. The van der Waals surface area contributed by atoms with Crippen LogP contribution in [0.25, 0.3) is 22.2 Å². The van der Waals surface area contributed by atoms with Gasteiger partial charge in [0.2, 0.25) is 0 Å². The standard InChI is InChI=1S/C17H12FN3O/c1-20-17(22)10-5-6-14(18)13(7-10)16-8-12-11(9-19)3-2-4-15(12)21-16/h2-8,21H,1H3,(H,20,22). The Kier molecular flexibility index (Phi) is 3.36. The highest BCUT2D eigenvalue weighted by Gasteiger charge is 2.13. The molecule has 0 unspecified atom stereocenters. The van der Waals surface area contributed by atoms with Crippen molar-refractivity contribution in [2.75, 3.05) is 7.05 Å². The number of H-pyrrole nitrogens is 1. The molecule has 4 nitrogen and oxygen atoms in total. The van der Waals surface area contributed by atoms with Gasteiger partial charge in [-0.3, -0.25) is 4.79 Å². The molecular weight excluding hydrogens is 281 g/mol. The molecule has 5 heteroatoms. The highest BCUT2D eigenvalue weighted by atomic mass is 19.1. The van der Waals surface area contributed by atoms with Crippen molar-refractivity contribution in [2.45, 2.75) is 0 Å². The van der Waals surface area contributed by atoms with Gasteiger partial charge in [0.15, 0.2) is 0 Å². The molecule has 0 saturated carbocycles. The molecule has 0 aliphatic carbocycles. The minimum Gasteiger partial charge on any atom is -0.355 e. The SMILES string of the molecule is CNC(=O)c1ccc(F)c(-c2cc3c(C#N)cccc3[nH]2)c1. The number of hydrogen-bond acceptors (Lipinski definition) is 2. The van der Waals surface area contributed by atoms with Gasteiger partial charge in [0.05, 0.1) is 11.6 Å². The maximum Gasteiger partial charge on any atom is 0.251 e.